The van der Waals surface area contributed by atoms with Crippen LogP contribution in [0.4, 0.5) is 0 Å². The fraction of sp³-hybridized carbons (Fsp3) is 0.200. The molecule has 96 valence electrons. The number of aromatic nitrogens is 8. The molecule has 0 aliphatic heterocycles. The monoisotopic (exact) mass is 276 g/mol. The van der Waals surface area contributed by atoms with Crippen molar-refractivity contribution in [3.63, 3.8) is 0 Å². The van der Waals surface area contributed by atoms with Crippen LogP contribution in [0.2, 0.25) is 5.28 Å². The van der Waals surface area contributed by atoms with Crippen molar-refractivity contribution in [3.8, 4) is 17.3 Å². The highest BCUT2D eigenvalue weighted by molar-refractivity contribution is 6.28. The number of nitrogens with zero attached hydrogens (tertiary/aromatic N) is 8. The minimum absolute atomic E-state index is 0.0970. The first-order valence-corrected chi connectivity index (χ1v) is 5.93. The largest absolute Gasteiger partial charge is 0.272 e. The van der Waals surface area contributed by atoms with Crippen LogP contribution in [0.5, 0.6) is 0 Å². The van der Waals surface area contributed by atoms with Crippen molar-refractivity contribution in [2.45, 2.75) is 13.5 Å². The van der Waals surface area contributed by atoms with Gasteiger partial charge in [0.15, 0.2) is 5.82 Å². The molecule has 0 N–H and O–H groups in total. The lowest BCUT2D eigenvalue weighted by Gasteiger charge is -2.01. The van der Waals surface area contributed by atoms with Gasteiger partial charge in [0, 0.05) is 12.7 Å². The third-order valence-electron chi connectivity index (χ3n) is 2.44. The molecule has 3 aromatic heterocycles. The van der Waals surface area contributed by atoms with Crippen LogP contribution >= 0.6 is 11.6 Å². The van der Waals surface area contributed by atoms with Gasteiger partial charge in [-0.2, -0.15) is 29.8 Å². The van der Waals surface area contributed by atoms with Crippen LogP contribution in [0.25, 0.3) is 17.3 Å². The van der Waals surface area contributed by atoms with Gasteiger partial charge in [0.2, 0.25) is 5.28 Å². The molecule has 0 aromatic carbocycles. The molecule has 0 radical (unpaired) electrons. The van der Waals surface area contributed by atoms with E-state index in [1.165, 1.54) is 17.3 Å². The Bertz CT molecular complexity index is 689. The Labute approximate surface area is 113 Å². The zero-order chi connectivity index (χ0) is 13.2. The smallest absolute Gasteiger partial charge is 0.256 e. The van der Waals surface area contributed by atoms with E-state index in [2.05, 4.69) is 30.1 Å². The first-order valence-electron chi connectivity index (χ1n) is 5.55. The molecule has 0 saturated heterocycles. The second kappa shape index (κ2) is 4.73. The predicted octanol–water partition coefficient (Wildman–Crippen LogP) is 0.989. The van der Waals surface area contributed by atoms with Gasteiger partial charge < -0.3 is 0 Å². The molecule has 0 amide bonds. The van der Waals surface area contributed by atoms with Gasteiger partial charge in [-0.15, -0.1) is 0 Å². The van der Waals surface area contributed by atoms with Gasteiger partial charge in [0.05, 0.1) is 11.8 Å². The number of hydrogen-bond donors (Lipinski definition) is 0. The molecule has 19 heavy (non-hydrogen) atoms. The maximum Gasteiger partial charge on any atom is 0.256 e. The van der Waals surface area contributed by atoms with E-state index < -0.39 is 0 Å². The van der Waals surface area contributed by atoms with E-state index in [0.29, 0.717) is 11.8 Å². The highest BCUT2D eigenvalue weighted by Crippen LogP contribution is 2.16. The minimum Gasteiger partial charge on any atom is -0.272 e. The molecule has 3 rings (SSSR count). The Morgan fingerprint density at radius 3 is 2.79 bits per heavy atom. The van der Waals surface area contributed by atoms with E-state index in [1.807, 2.05) is 13.1 Å². The van der Waals surface area contributed by atoms with E-state index >= 15 is 0 Å². The van der Waals surface area contributed by atoms with Gasteiger partial charge >= 0.3 is 0 Å². The van der Waals surface area contributed by atoms with Crippen molar-refractivity contribution >= 4 is 11.6 Å². The molecule has 0 unspecified atom stereocenters. The number of rotatable bonds is 3. The van der Waals surface area contributed by atoms with Crippen LogP contribution in [-0.4, -0.2) is 39.5 Å². The Morgan fingerprint density at radius 2 is 2.11 bits per heavy atom. The van der Waals surface area contributed by atoms with Gasteiger partial charge in [0.25, 0.3) is 5.95 Å². The summed E-state index contributed by atoms with van der Waals surface area (Å²) in [5.74, 6) is 0.766. The van der Waals surface area contributed by atoms with Crippen LogP contribution in [0.1, 0.15) is 6.92 Å². The van der Waals surface area contributed by atoms with Gasteiger partial charge in [0.1, 0.15) is 12.7 Å². The SMILES string of the molecule is CCn1cc(-c2nc(Cl)nc(-n3cncn3)n2)cn1. The third kappa shape index (κ3) is 2.29. The first kappa shape index (κ1) is 11.7. The van der Waals surface area contributed by atoms with Crippen molar-refractivity contribution in [2.24, 2.45) is 0 Å². The lowest BCUT2D eigenvalue weighted by Crippen LogP contribution is -2.04. The maximum absolute atomic E-state index is 5.91. The van der Waals surface area contributed by atoms with Gasteiger partial charge in [-0.05, 0) is 18.5 Å². The zero-order valence-electron chi connectivity index (χ0n) is 9.97. The van der Waals surface area contributed by atoms with Crippen molar-refractivity contribution in [2.75, 3.05) is 0 Å². The van der Waals surface area contributed by atoms with E-state index in [4.69, 9.17) is 11.6 Å². The standard InChI is InChI=1S/C10H9ClN8/c1-2-18-4-7(3-13-18)8-15-9(11)17-10(16-8)19-6-12-5-14-19/h3-6H,2H2,1H3. The normalized spacial score (nSPS) is 10.8. The molecule has 0 fully saturated rings. The molecular formula is C10H9ClN8. The second-order valence-electron chi connectivity index (χ2n) is 3.65. The fourth-order valence-corrected chi connectivity index (χ4v) is 1.69. The molecule has 0 saturated carbocycles. The number of hydrogen-bond acceptors (Lipinski definition) is 6. The fourth-order valence-electron chi connectivity index (χ4n) is 1.53. The van der Waals surface area contributed by atoms with Crippen LogP contribution in [0.15, 0.2) is 25.0 Å². The summed E-state index contributed by atoms with van der Waals surface area (Å²) in [6.07, 6.45) is 6.41. The first-order chi connectivity index (χ1) is 9.26. The Balaban J connectivity index is 2.07. The molecule has 0 aliphatic carbocycles. The highest BCUT2D eigenvalue weighted by Gasteiger charge is 2.10. The summed E-state index contributed by atoms with van der Waals surface area (Å²) in [4.78, 5) is 16.2. The maximum atomic E-state index is 5.91. The summed E-state index contributed by atoms with van der Waals surface area (Å²) in [6, 6.07) is 0. The predicted molar refractivity (Wildman–Crippen MR) is 66.6 cm³/mol. The highest BCUT2D eigenvalue weighted by atomic mass is 35.5. The lowest BCUT2D eigenvalue weighted by atomic mass is 10.3. The Kier molecular flexibility index (Phi) is 2.92. The zero-order valence-corrected chi connectivity index (χ0v) is 10.7. The van der Waals surface area contributed by atoms with Gasteiger partial charge in [-0.25, -0.2) is 4.98 Å². The third-order valence-corrected chi connectivity index (χ3v) is 2.60. The summed E-state index contributed by atoms with van der Waals surface area (Å²) in [7, 11) is 0. The van der Waals surface area contributed by atoms with Crippen molar-refractivity contribution in [3.05, 3.63) is 30.3 Å². The van der Waals surface area contributed by atoms with E-state index in [-0.39, 0.29) is 5.28 Å². The summed E-state index contributed by atoms with van der Waals surface area (Å²) in [5.41, 5.74) is 0.771. The van der Waals surface area contributed by atoms with E-state index in [0.717, 1.165) is 12.1 Å². The Morgan fingerprint density at radius 1 is 1.21 bits per heavy atom. The summed E-state index contributed by atoms with van der Waals surface area (Å²) in [5, 5.41) is 8.23. The van der Waals surface area contributed by atoms with Crippen molar-refractivity contribution in [1.29, 1.82) is 0 Å². The average molecular weight is 277 g/mol. The van der Waals surface area contributed by atoms with E-state index in [9.17, 15) is 0 Å². The molecule has 9 heteroatoms. The van der Waals surface area contributed by atoms with Gasteiger partial charge in [-0.1, -0.05) is 0 Å². The molecule has 0 atom stereocenters. The lowest BCUT2D eigenvalue weighted by molar-refractivity contribution is 0.660. The van der Waals surface area contributed by atoms with Gasteiger partial charge in [-0.3, -0.25) is 4.68 Å². The van der Waals surface area contributed by atoms with Crippen molar-refractivity contribution < 1.29 is 0 Å². The summed E-state index contributed by atoms with van der Waals surface area (Å²) >= 11 is 5.91. The quantitative estimate of drug-likeness (QED) is 0.709. The number of halogens is 1. The molecule has 0 bridgehead atoms. The molecule has 8 nitrogen and oxygen atoms in total. The molecule has 0 spiro atoms. The van der Waals surface area contributed by atoms with Crippen LogP contribution in [0, 0.1) is 0 Å². The number of aryl methyl sites for hydroxylation is 1. The molecule has 3 heterocycles. The van der Waals surface area contributed by atoms with Crippen molar-refractivity contribution in [1.82, 2.24) is 39.5 Å². The minimum atomic E-state index is 0.0970. The molecular weight excluding hydrogens is 268 g/mol. The van der Waals surface area contributed by atoms with Crippen LogP contribution in [-0.2, 0) is 6.54 Å². The summed E-state index contributed by atoms with van der Waals surface area (Å²) < 4.78 is 3.20. The second-order valence-corrected chi connectivity index (χ2v) is 3.99. The van der Waals surface area contributed by atoms with Crippen LogP contribution < -0.4 is 0 Å². The molecule has 3 aromatic rings. The molecule has 0 aliphatic rings. The topological polar surface area (TPSA) is 87.2 Å². The summed E-state index contributed by atoms with van der Waals surface area (Å²) in [6.45, 7) is 2.77. The Hall–Kier alpha value is -2.35. The van der Waals surface area contributed by atoms with Crippen LogP contribution in [0.3, 0.4) is 0 Å². The van der Waals surface area contributed by atoms with E-state index in [1.54, 1.807) is 10.9 Å². The average Bonchev–Trinajstić information content (AvgIpc) is 3.09.